The number of nitrogens with one attached hydrogen (secondary N) is 1. The van der Waals surface area contributed by atoms with E-state index < -0.39 is 0 Å². The van der Waals surface area contributed by atoms with Crippen molar-refractivity contribution in [1.29, 1.82) is 0 Å². The Hall–Kier alpha value is -0.610. The standard InChI is InChI=1S/C9H19N3O/c1-3-12(8-4-5-8)7(2)6-9(13)11-10/h7-8H,3-6,10H2,1-2H3,(H,11,13). The van der Waals surface area contributed by atoms with E-state index in [1.807, 2.05) is 0 Å². The van der Waals surface area contributed by atoms with Gasteiger partial charge in [-0.1, -0.05) is 6.92 Å². The fourth-order valence-corrected chi connectivity index (χ4v) is 1.78. The van der Waals surface area contributed by atoms with Gasteiger partial charge in [-0.2, -0.15) is 0 Å². The van der Waals surface area contributed by atoms with Crippen LogP contribution in [0.25, 0.3) is 0 Å². The second-order valence-corrected chi connectivity index (χ2v) is 3.68. The van der Waals surface area contributed by atoms with Gasteiger partial charge >= 0.3 is 0 Å². The summed E-state index contributed by atoms with van der Waals surface area (Å²) in [6, 6.07) is 1.02. The number of hydrogen-bond donors (Lipinski definition) is 2. The highest BCUT2D eigenvalue weighted by molar-refractivity contribution is 5.75. The van der Waals surface area contributed by atoms with Crippen LogP contribution in [-0.2, 0) is 4.79 Å². The van der Waals surface area contributed by atoms with E-state index in [0.717, 1.165) is 6.54 Å². The average Bonchev–Trinajstić information content (AvgIpc) is 2.89. The Morgan fingerprint density at radius 3 is 2.69 bits per heavy atom. The molecular weight excluding hydrogens is 166 g/mol. The molecule has 0 saturated heterocycles. The minimum absolute atomic E-state index is 0.0772. The van der Waals surface area contributed by atoms with E-state index >= 15 is 0 Å². The lowest BCUT2D eigenvalue weighted by atomic mass is 10.2. The summed E-state index contributed by atoms with van der Waals surface area (Å²) in [5.74, 6) is 4.96. The van der Waals surface area contributed by atoms with Crippen LogP contribution in [0.4, 0.5) is 0 Å². The predicted octanol–water partition coefficient (Wildman–Crippen LogP) is 0.239. The molecule has 4 heteroatoms. The Bertz CT molecular complexity index is 180. The zero-order chi connectivity index (χ0) is 9.84. The topological polar surface area (TPSA) is 58.4 Å². The van der Waals surface area contributed by atoms with E-state index in [0.29, 0.717) is 18.5 Å². The molecule has 1 saturated carbocycles. The summed E-state index contributed by atoms with van der Waals surface area (Å²) in [6.07, 6.45) is 3.06. The van der Waals surface area contributed by atoms with E-state index in [9.17, 15) is 4.79 Å². The maximum absolute atomic E-state index is 11.0. The number of rotatable bonds is 5. The molecule has 76 valence electrons. The fraction of sp³-hybridized carbons (Fsp3) is 0.889. The summed E-state index contributed by atoms with van der Waals surface area (Å²) < 4.78 is 0. The highest BCUT2D eigenvalue weighted by atomic mass is 16.2. The van der Waals surface area contributed by atoms with Crippen molar-refractivity contribution in [3.05, 3.63) is 0 Å². The van der Waals surface area contributed by atoms with Gasteiger partial charge in [0.05, 0.1) is 0 Å². The van der Waals surface area contributed by atoms with Crippen molar-refractivity contribution in [2.45, 2.75) is 45.2 Å². The Morgan fingerprint density at radius 2 is 2.31 bits per heavy atom. The van der Waals surface area contributed by atoms with Crippen LogP contribution in [0, 0.1) is 0 Å². The lowest BCUT2D eigenvalue weighted by molar-refractivity contribution is -0.122. The van der Waals surface area contributed by atoms with Crippen molar-refractivity contribution in [1.82, 2.24) is 10.3 Å². The number of nitrogens with two attached hydrogens (primary N) is 1. The van der Waals surface area contributed by atoms with E-state index in [2.05, 4.69) is 24.2 Å². The normalized spacial score (nSPS) is 18.8. The monoisotopic (exact) mass is 185 g/mol. The van der Waals surface area contributed by atoms with Gasteiger partial charge < -0.3 is 0 Å². The van der Waals surface area contributed by atoms with Crippen molar-refractivity contribution in [2.75, 3.05) is 6.54 Å². The highest BCUT2D eigenvalue weighted by Gasteiger charge is 2.31. The number of hydrogen-bond acceptors (Lipinski definition) is 3. The number of nitrogens with zero attached hydrogens (tertiary/aromatic N) is 1. The summed E-state index contributed by atoms with van der Waals surface area (Å²) in [6.45, 7) is 5.23. The first-order chi connectivity index (χ1) is 6.19. The van der Waals surface area contributed by atoms with E-state index in [1.165, 1.54) is 12.8 Å². The summed E-state index contributed by atoms with van der Waals surface area (Å²) >= 11 is 0. The fourth-order valence-electron chi connectivity index (χ4n) is 1.78. The zero-order valence-corrected chi connectivity index (χ0v) is 8.42. The maximum Gasteiger partial charge on any atom is 0.235 e. The van der Waals surface area contributed by atoms with Gasteiger partial charge in [-0.25, -0.2) is 5.84 Å². The van der Waals surface area contributed by atoms with Gasteiger partial charge in [-0.15, -0.1) is 0 Å². The van der Waals surface area contributed by atoms with Gasteiger partial charge in [0.2, 0.25) is 5.91 Å². The second kappa shape index (κ2) is 4.58. The molecule has 0 aromatic carbocycles. The van der Waals surface area contributed by atoms with Gasteiger partial charge in [0, 0.05) is 18.5 Å². The summed E-state index contributed by atoms with van der Waals surface area (Å²) in [5.41, 5.74) is 2.17. The molecule has 1 atom stereocenters. The minimum Gasteiger partial charge on any atom is -0.297 e. The van der Waals surface area contributed by atoms with E-state index in [1.54, 1.807) is 0 Å². The van der Waals surface area contributed by atoms with Gasteiger partial charge in [-0.3, -0.25) is 15.1 Å². The largest absolute Gasteiger partial charge is 0.297 e. The van der Waals surface area contributed by atoms with Crippen molar-refractivity contribution in [3.8, 4) is 0 Å². The summed E-state index contributed by atoms with van der Waals surface area (Å²) in [4.78, 5) is 13.4. The van der Waals surface area contributed by atoms with Gasteiger partial charge in [-0.05, 0) is 26.3 Å². The van der Waals surface area contributed by atoms with Crippen molar-refractivity contribution >= 4 is 5.91 Å². The molecule has 13 heavy (non-hydrogen) atoms. The number of carbonyl (C=O) groups excluding carboxylic acids is 1. The van der Waals surface area contributed by atoms with E-state index in [4.69, 9.17) is 5.84 Å². The van der Waals surface area contributed by atoms with Gasteiger partial charge in [0.25, 0.3) is 0 Å². The molecule has 1 aliphatic rings. The Kier molecular flexibility index (Phi) is 3.69. The smallest absolute Gasteiger partial charge is 0.235 e. The molecule has 0 spiro atoms. The number of carbonyl (C=O) groups is 1. The summed E-state index contributed by atoms with van der Waals surface area (Å²) in [7, 11) is 0. The Balaban J connectivity index is 2.34. The van der Waals surface area contributed by atoms with Crippen LogP contribution >= 0.6 is 0 Å². The molecule has 3 N–H and O–H groups in total. The average molecular weight is 185 g/mol. The highest BCUT2D eigenvalue weighted by Crippen LogP contribution is 2.28. The van der Waals surface area contributed by atoms with Crippen molar-refractivity contribution in [2.24, 2.45) is 5.84 Å². The van der Waals surface area contributed by atoms with Crippen LogP contribution in [-0.4, -0.2) is 29.4 Å². The molecule has 0 bridgehead atoms. The van der Waals surface area contributed by atoms with Crippen LogP contribution < -0.4 is 11.3 Å². The minimum atomic E-state index is -0.0772. The SMILES string of the molecule is CCN(C(C)CC(=O)NN)C1CC1. The molecule has 0 aromatic rings. The van der Waals surface area contributed by atoms with Gasteiger partial charge in [0.15, 0.2) is 0 Å². The molecule has 1 unspecified atom stereocenters. The third-order valence-electron chi connectivity index (χ3n) is 2.59. The first kappa shape index (κ1) is 10.5. The predicted molar refractivity (Wildman–Crippen MR) is 51.8 cm³/mol. The Morgan fingerprint density at radius 1 is 1.69 bits per heavy atom. The van der Waals surface area contributed by atoms with Crippen LogP contribution in [0.15, 0.2) is 0 Å². The first-order valence-corrected chi connectivity index (χ1v) is 4.94. The Labute approximate surface area is 79.4 Å². The second-order valence-electron chi connectivity index (χ2n) is 3.68. The first-order valence-electron chi connectivity index (χ1n) is 4.94. The third kappa shape index (κ3) is 2.97. The lowest BCUT2D eigenvalue weighted by Gasteiger charge is -2.26. The van der Waals surface area contributed by atoms with E-state index in [-0.39, 0.29) is 5.91 Å². The molecular formula is C9H19N3O. The van der Waals surface area contributed by atoms with Crippen molar-refractivity contribution < 1.29 is 4.79 Å². The van der Waals surface area contributed by atoms with Crippen LogP contribution in [0.3, 0.4) is 0 Å². The molecule has 1 amide bonds. The van der Waals surface area contributed by atoms with Crippen molar-refractivity contribution in [3.63, 3.8) is 0 Å². The third-order valence-corrected chi connectivity index (χ3v) is 2.59. The molecule has 0 aromatic heterocycles. The molecule has 4 nitrogen and oxygen atoms in total. The van der Waals surface area contributed by atoms with Crippen LogP contribution in [0.5, 0.6) is 0 Å². The number of amides is 1. The lowest BCUT2D eigenvalue weighted by Crippen LogP contribution is -2.40. The van der Waals surface area contributed by atoms with Crippen LogP contribution in [0.1, 0.15) is 33.1 Å². The molecule has 0 heterocycles. The zero-order valence-electron chi connectivity index (χ0n) is 8.42. The quantitative estimate of drug-likeness (QED) is 0.366. The maximum atomic E-state index is 11.0. The van der Waals surface area contributed by atoms with Crippen LogP contribution in [0.2, 0.25) is 0 Å². The molecule has 1 fully saturated rings. The molecule has 1 aliphatic carbocycles. The molecule has 1 rings (SSSR count). The number of hydrazine groups is 1. The molecule has 0 radical (unpaired) electrons. The summed E-state index contributed by atoms with van der Waals surface area (Å²) in [5, 5.41) is 0. The van der Waals surface area contributed by atoms with Gasteiger partial charge in [0.1, 0.15) is 0 Å². The molecule has 0 aliphatic heterocycles.